The second-order valence-corrected chi connectivity index (χ2v) is 6.83. The number of carbonyl (C=O) groups is 1. The van der Waals surface area contributed by atoms with Crippen molar-refractivity contribution >= 4 is 29.1 Å². The summed E-state index contributed by atoms with van der Waals surface area (Å²) in [4.78, 5) is 21.7. The number of nitrogens with one attached hydrogen (secondary N) is 1. The van der Waals surface area contributed by atoms with Crippen molar-refractivity contribution < 1.29 is 9.18 Å². The standard InChI is InChI=1S/C19H14FN5OS/c1-12-9-17(25-19(23-12)21-11-22-25)27-16-8-3-2-7-15(16)24-18(26)13-5-4-6-14(20)10-13/h2-11H,1H3,(H,24,26). The molecule has 0 radical (unpaired) electrons. The van der Waals surface area contributed by atoms with Crippen LogP contribution in [0, 0.1) is 12.7 Å². The smallest absolute Gasteiger partial charge is 0.255 e. The highest BCUT2D eigenvalue weighted by molar-refractivity contribution is 7.99. The maximum atomic E-state index is 13.4. The Morgan fingerprint density at radius 3 is 2.85 bits per heavy atom. The molecule has 2 heterocycles. The highest BCUT2D eigenvalue weighted by atomic mass is 32.2. The van der Waals surface area contributed by atoms with Gasteiger partial charge in [0.05, 0.1) is 5.69 Å². The molecule has 2 aromatic heterocycles. The fraction of sp³-hybridized carbons (Fsp3) is 0.0526. The van der Waals surface area contributed by atoms with Crippen LogP contribution < -0.4 is 5.32 Å². The molecule has 0 spiro atoms. The summed E-state index contributed by atoms with van der Waals surface area (Å²) in [5, 5.41) is 7.86. The third-order valence-electron chi connectivity index (χ3n) is 3.78. The minimum Gasteiger partial charge on any atom is -0.321 e. The summed E-state index contributed by atoms with van der Waals surface area (Å²) in [7, 11) is 0. The van der Waals surface area contributed by atoms with Crippen LogP contribution in [0.5, 0.6) is 0 Å². The van der Waals surface area contributed by atoms with Gasteiger partial charge in [0.15, 0.2) is 0 Å². The number of hydrogen-bond donors (Lipinski definition) is 1. The molecule has 0 aliphatic rings. The van der Waals surface area contributed by atoms with Gasteiger partial charge in [-0.25, -0.2) is 9.37 Å². The van der Waals surface area contributed by atoms with E-state index in [4.69, 9.17) is 0 Å². The van der Waals surface area contributed by atoms with Gasteiger partial charge in [0.1, 0.15) is 17.2 Å². The molecular weight excluding hydrogens is 365 g/mol. The molecule has 6 nitrogen and oxygen atoms in total. The Kier molecular flexibility index (Phi) is 4.55. The number of nitrogens with zero attached hydrogens (tertiary/aromatic N) is 4. The van der Waals surface area contributed by atoms with Crippen molar-refractivity contribution in [2.45, 2.75) is 16.8 Å². The first kappa shape index (κ1) is 17.2. The second-order valence-electron chi connectivity index (χ2n) is 5.77. The number of aromatic nitrogens is 4. The second kappa shape index (κ2) is 7.16. The number of halogens is 1. The van der Waals surface area contributed by atoms with Gasteiger partial charge in [0, 0.05) is 16.2 Å². The van der Waals surface area contributed by atoms with E-state index >= 15 is 0 Å². The summed E-state index contributed by atoms with van der Waals surface area (Å²) >= 11 is 1.43. The molecule has 8 heteroatoms. The predicted molar refractivity (Wildman–Crippen MR) is 100 cm³/mol. The summed E-state index contributed by atoms with van der Waals surface area (Å²) in [6.07, 6.45) is 1.45. The van der Waals surface area contributed by atoms with E-state index in [-0.39, 0.29) is 11.5 Å². The molecule has 1 N–H and O–H groups in total. The minimum absolute atomic E-state index is 0.258. The molecule has 4 aromatic rings. The Balaban J connectivity index is 1.65. The van der Waals surface area contributed by atoms with Gasteiger partial charge in [-0.3, -0.25) is 4.79 Å². The van der Waals surface area contributed by atoms with E-state index in [2.05, 4.69) is 20.4 Å². The van der Waals surface area contributed by atoms with Crippen LogP contribution in [0.2, 0.25) is 0 Å². The third-order valence-corrected chi connectivity index (χ3v) is 4.86. The molecule has 0 atom stereocenters. The maximum absolute atomic E-state index is 13.4. The Bertz CT molecular complexity index is 1140. The number of carbonyl (C=O) groups excluding carboxylic acids is 1. The molecule has 134 valence electrons. The van der Waals surface area contributed by atoms with Crippen molar-refractivity contribution in [3.63, 3.8) is 0 Å². The molecule has 0 saturated heterocycles. The van der Waals surface area contributed by atoms with Crippen LogP contribution in [0.15, 0.2) is 70.8 Å². The van der Waals surface area contributed by atoms with E-state index in [9.17, 15) is 9.18 Å². The van der Waals surface area contributed by atoms with E-state index in [0.717, 1.165) is 15.6 Å². The number of aryl methyl sites for hydroxylation is 1. The van der Waals surface area contributed by atoms with Gasteiger partial charge in [-0.15, -0.1) is 0 Å². The van der Waals surface area contributed by atoms with Gasteiger partial charge in [-0.05, 0) is 43.3 Å². The van der Waals surface area contributed by atoms with Crippen LogP contribution in [0.25, 0.3) is 5.78 Å². The number of para-hydroxylation sites is 1. The maximum Gasteiger partial charge on any atom is 0.255 e. The lowest BCUT2D eigenvalue weighted by Gasteiger charge is -2.11. The van der Waals surface area contributed by atoms with E-state index in [1.165, 1.54) is 36.3 Å². The minimum atomic E-state index is -0.453. The molecule has 0 aliphatic heterocycles. The lowest BCUT2D eigenvalue weighted by atomic mass is 10.2. The molecule has 0 bridgehead atoms. The summed E-state index contributed by atoms with van der Waals surface area (Å²) < 4.78 is 15.0. The van der Waals surface area contributed by atoms with Crippen LogP contribution >= 0.6 is 11.8 Å². The van der Waals surface area contributed by atoms with Gasteiger partial charge >= 0.3 is 0 Å². The largest absolute Gasteiger partial charge is 0.321 e. The summed E-state index contributed by atoms with van der Waals surface area (Å²) in [6.45, 7) is 1.89. The van der Waals surface area contributed by atoms with Crippen molar-refractivity contribution in [3.05, 3.63) is 78.0 Å². The topological polar surface area (TPSA) is 72.2 Å². The number of hydrogen-bond acceptors (Lipinski definition) is 5. The Hall–Kier alpha value is -3.26. The molecule has 0 saturated carbocycles. The van der Waals surface area contributed by atoms with Gasteiger partial charge in [0.2, 0.25) is 0 Å². The van der Waals surface area contributed by atoms with Crippen LogP contribution in [-0.4, -0.2) is 25.5 Å². The van der Waals surface area contributed by atoms with Crippen LogP contribution in [0.1, 0.15) is 16.1 Å². The van der Waals surface area contributed by atoms with Crippen molar-refractivity contribution in [2.75, 3.05) is 5.32 Å². The normalized spacial score (nSPS) is 10.9. The SMILES string of the molecule is Cc1cc(Sc2ccccc2NC(=O)c2cccc(F)c2)n2ncnc2n1. The molecule has 0 fully saturated rings. The summed E-state index contributed by atoms with van der Waals surface area (Å²) in [5.41, 5.74) is 1.70. The molecule has 4 rings (SSSR count). The first-order chi connectivity index (χ1) is 13.1. The van der Waals surface area contributed by atoms with Crippen LogP contribution in [0.3, 0.4) is 0 Å². The molecular formula is C19H14FN5OS. The van der Waals surface area contributed by atoms with Crippen molar-refractivity contribution in [2.24, 2.45) is 0 Å². The number of rotatable bonds is 4. The third kappa shape index (κ3) is 3.65. The monoisotopic (exact) mass is 379 g/mol. The lowest BCUT2D eigenvalue weighted by molar-refractivity contribution is 0.102. The average Bonchev–Trinajstić information content (AvgIpc) is 3.12. The Morgan fingerprint density at radius 2 is 2.00 bits per heavy atom. The highest BCUT2D eigenvalue weighted by Crippen LogP contribution is 2.33. The lowest BCUT2D eigenvalue weighted by Crippen LogP contribution is -2.12. The van der Waals surface area contributed by atoms with Gasteiger partial charge in [0.25, 0.3) is 11.7 Å². The first-order valence-corrected chi connectivity index (χ1v) is 8.93. The number of anilines is 1. The molecule has 0 unspecified atom stereocenters. The van der Waals surface area contributed by atoms with Gasteiger partial charge in [-0.1, -0.05) is 30.0 Å². The quantitative estimate of drug-likeness (QED) is 0.543. The highest BCUT2D eigenvalue weighted by Gasteiger charge is 2.13. The fourth-order valence-corrected chi connectivity index (χ4v) is 3.61. The zero-order valence-electron chi connectivity index (χ0n) is 14.3. The van der Waals surface area contributed by atoms with E-state index in [0.29, 0.717) is 11.5 Å². The van der Waals surface area contributed by atoms with Crippen LogP contribution in [0.4, 0.5) is 10.1 Å². The zero-order valence-corrected chi connectivity index (χ0v) is 15.1. The van der Waals surface area contributed by atoms with Crippen LogP contribution in [-0.2, 0) is 0 Å². The first-order valence-electron chi connectivity index (χ1n) is 8.11. The van der Waals surface area contributed by atoms with Crippen molar-refractivity contribution in [1.29, 1.82) is 0 Å². The summed E-state index contributed by atoms with van der Waals surface area (Å²) in [6, 6.07) is 14.9. The molecule has 0 aliphatic carbocycles. The number of amides is 1. The predicted octanol–water partition coefficient (Wildman–Crippen LogP) is 3.98. The summed E-state index contributed by atoms with van der Waals surface area (Å²) in [5.74, 6) is -0.315. The van der Waals surface area contributed by atoms with E-state index in [1.807, 2.05) is 31.2 Å². The van der Waals surface area contributed by atoms with E-state index < -0.39 is 5.82 Å². The zero-order chi connectivity index (χ0) is 18.8. The number of fused-ring (bicyclic) bond motifs is 1. The number of benzene rings is 2. The van der Waals surface area contributed by atoms with E-state index in [1.54, 1.807) is 16.6 Å². The Morgan fingerprint density at radius 1 is 1.15 bits per heavy atom. The molecule has 1 amide bonds. The Labute approximate surface area is 158 Å². The fourth-order valence-electron chi connectivity index (χ4n) is 2.57. The molecule has 2 aromatic carbocycles. The molecule has 27 heavy (non-hydrogen) atoms. The van der Waals surface area contributed by atoms with Gasteiger partial charge < -0.3 is 5.32 Å². The van der Waals surface area contributed by atoms with Gasteiger partial charge in [-0.2, -0.15) is 14.6 Å². The van der Waals surface area contributed by atoms with Crippen molar-refractivity contribution in [1.82, 2.24) is 19.6 Å². The van der Waals surface area contributed by atoms with Crippen molar-refractivity contribution in [3.8, 4) is 0 Å². The average molecular weight is 379 g/mol.